The fraction of sp³-hybridized carbons (Fsp3) is 0.0909. The number of rotatable bonds is 1. The summed E-state index contributed by atoms with van der Waals surface area (Å²) in [6.45, 7) is 2.54. The number of halogens is 7. The lowest BCUT2D eigenvalue weighted by molar-refractivity contribution is 0.418. The third kappa shape index (κ3) is 2.49. The number of benzene rings is 4. The van der Waals surface area contributed by atoms with Crippen LogP contribution in [-0.2, 0) is 0 Å². The summed E-state index contributed by atoms with van der Waals surface area (Å²) in [5, 5.41) is 8.26. The van der Waals surface area contributed by atoms with E-state index in [4.69, 9.17) is 0 Å². The van der Waals surface area contributed by atoms with Crippen molar-refractivity contribution in [2.24, 2.45) is 0 Å². The molecule has 0 bridgehead atoms. The van der Waals surface area contributed by atoms with Gasteiger partial charge in [0.2, 0.25) is 0 Å². The van der Waals surface area contributed by atoms with E-state index in [0.29, 0.717) is 0 Å². The highest BCUT2D eigenvalue weighted by Gasteiger charge is 2.28. The lowest BCUT2D eigenvalue weighted by Gasteiger charge is -2.18. The van der Waals surface area contributed by atoms with Crippen molar-refractivity contribution < 1.29 is 35.8 Å². The molecule has 0 amide bonds. The van der Waals surface area contributed by atoms with Crippen LogP contribution in [0.2, 0.25) is 0 Å². The van der Waals surface area contributed by atoms with E-state index in [9.17, 15) is 35.8 Å². The van der Waals surface area contributed by atoms with E-state index in [0.717, 1.165) is 18.2 Å². The zero-order valence-corrected chi connectivity index (χ0v) is 15.4. The summed E-state index contributed by atoms with van der Waals surface area (Å²) in [6, 6.07) is 4.39. The van der Waals surface area contributed by atoms with E-state index >= 15 is 0 Å². The molecule has 0 aliphatic heterocycles. The molecular weight excluding hydrogens is 413 g/mol. The molecule has 0 aromatic heterocycles. The summed E-state index contributed by atoms with van der Waals surface area (Å²) in [6.07, 6.45) is 0. The first kappa shape index (κ1) is 20.0. The number of hydrogen-bond donors (Lipinski definition) is 1. The first-order valence-corrected chi connectivity index (χ1v) is 8.62. The number of phenols is 1. The molecule has 4 rings (SSSR count). The van der Waals surface area contributed by atoms with Crippen molar-refractivity contribution in [2.75, 3.05) is 0 Å². The predicted octanol–water partition coefficient (Wildman–Crippen LogP) is 6.96. The molecule has 0 heterocycles. The Labute approximate surface area is 165 Å². The van der Waals surface area contributed by atoms with E-state index in [2.05, 4.69) is 0 Å². The van der Waals surface area contributed by atoms with E-state index in [1.165, 1.54) is 19.9 Å². The van der Waals surface area contributed by atoms with Gasteiger partial charge in [0.05, 0.1) is 0 Å². The summed E-state index contributed by atoms with van der Waals surface area (Å²) < 4.78 is 99.7. The molecule has 0 unspecified atom stereocenters. The van der Waals surface area contributed by atoms with E-state index in [-0.39, 0.29) is 22.1 Å². The largest absolute Gasteiger partial charge is 0.507 e. The van der Waals surface area contributed by atoms with Gasteiger partial charge >= 0.3 is 0 Å². The van der Waals surface area contributed by atoms with Crippen molar-refractivity contribution in [3.8, 4) is 16.9 Å². The molecule has 8 heteroatoms. The first-order valence-electron chi connectivity index (χ1n) is 8.62. The molecule has 0 aliphatic carbocycles. The van der Waals surface area contributed by atoms with Crippen molar-refractivity contribution in [1.29, 1.82) is 0 Å². The van der Waals surface area contributed by atoms with Gasteiger partial charge in [-0.1, -0.05) is 18.2 Å². The van der Waals surface area contributed by atoms with Gasteiger partial charge in [-0.15, -0.1) is 0 Å². The molecule has 0 atom stereocenters. The molecule has 0 saturated heterocycles. The fourth-order valence-electron chi connectivity index (χ4n) is 3.73. The van der Waals surface area contributed by atoms with Gasteiger partial charge < -0.3 is 5.11 Å². The Kier molecular flexibility index (Phi) is 4.41. The van der Waals surface area contributed by atoms with E-state index in [1.807, 2.05) is 0 Å². The Morgan fingerprint density at radius 2 is 1.03 bits per heavy atom. The minimum Gasteiger partial charge on any atom is -0.507 e. The maximum absolute atomic E-state index is 14.8. The molecular formula is C22H11F7O. The van der Waals surface area contributed by atoms with Crippen molar-refractivity contribution in [3.05, 3.63) is 76.1 Å². The van der Waals surface area contributed by atoms with E-state index < -0.39 is 68.2 Å². The average molecular weight is 424 g/mol. The van der Waals surface area contributed by atoms with Crippen molar-refractivity contribution in [3.63, 3.8) is 0 Å². The molecule has 0 radical (unpaired) electrons. The predicted molar refractivity (Wildman–Crippen MR) is 97.7 cm³/mol. The van der Waals surface area contributed by atoms with Gasteiger partial charge in [-0.2, -0.15) is 0 Å². The maximum atomic E-state index is 14.8. The van der Waals surface area contributed by atoms with Crippen molar-refractivity contribution >= 4 is 21.5 Å². The van der Waals surface area contributed by atoms with Crippen molar-refractivity contribution in [2.45, 2.75) is 13.8 Å². The zero-order valence-electron chi connectivity index (χ0n) is 15.4. The zero-order chi connectivity index (χ0) is 22.1. The van der Waals surface area contributed by atoms with Gasteiger partial charge in [-0.25, -0.2) is 30.7 Å². The molecule has 4 aromatic carbocycles. The van der Waals surface area contributed by atoms with Gasteiger partial charge in [0.15, 0.2) is 40.7 Å². The molecule has 0 saturated carbocycles. The van der Waals surface area contributed by atoms with Crippen LogP contribution in [0.5, 0.6) is 5.75 Å². The summed E-state index contributed by atoms with van der Waals surface area (Å²) >= 11 is 0. The molecule has 0 fully saturated rings. The molecule has 154 valence electrons. The van der Waals surface area contributed by atoms with Crippen LogP contribution >= 0.6 is 0 Å². The third-order valence-corrected chi connectivity index (χ3v) is 5.22. The van der Waals surface area contributed by atoms with Crippen LogP contribution in [0.15, 0.2) is 24.3 Å². The van der Waals surface area contributed by atoms with Crippen molar-refractivity contribution in [1.82, 2.24) is 0 Å². The lowest BCUT2D eigenvalue weighted by Crippen LogP contribution is -2.03. The second kappa shape index (κ2) is 6.62. The standard InChI is InChI=1S/C22H11F7O/c1-7-3-4-10-14(19(26)22(29)21(28)17(10)24)12(7)15-11(30)6-5-9-8(2)16(23)20(27)18(25)13(9)15/h3-6,30H,1-2H3. The maximum Gasteiger partial charge on any atom is 0.198 e. The van der Waals surface area contributed by atoms with Crippen LogP contribution in [0.3, 0.4) is 0 Å². The summed E-state index contributed by atoms with van der Waals surface area (Å²) in [4.78, 5) is 0. The van der Waals surface area contributed by atoms with Crippen LogP contribution in [0.4, 0.5) is 30.7 Å². The van der Waals surface area contributed by atoms with Gasteiger partial charge in [-0.3, -0.25) is 0 Å². The van der Waals surface area contributed by atoms with Gasteiger partial charge in [0.25, 0.3) is 0 Å². The van der Waals surface area contributed by atoms with Crippen LogP contribution in [0.25, 0.3) is 32.7 Å². The van der Waals surface area contributed by atoms with E-state index in [1.54, 1.807) is 0 Å². The normalized spacial score (nSPS) is 11.6. The Bertz CT molecular complexity index is 1290. The molecule has 1 nitrogen and oxygen atoms in total. The molecule has 0 spiro atoms. The number of hydrogen-bond acceptors (Lipinski definition) is 1. The highest BCUT2D eigenvalue weighted by Crippen LogP contribution is 2.45. The second-order valence-electron chi connectivity index (χ2n) is 6.89. The van der Waals surface area contributed by atoms with Crippen LogP contribution in [-0.4, -0.2) is 5.11 Å². The molecule has 0 aliphatic rings. The van der Waals surface area contributed by atoms with Gasteiger partial charge in [-0.05, 0) is 36.4 Å². The quantitative estimate of drug-likeness (QED) is 0.199. The monoisotopic (exact) mass is 424 g/mol. The Balaban J connectivity index is 2.34. The number of phenolic OH excluding ortho intramolecular Hbond substituents is 1. The highest BCUT2D eigenvalue weighted by atomic mass is 19.2. The first-order chi connectivity index (χ1) is 14.1. The Morgan fingerprint density at radius 1 is 0.533 bits per heavy atom. The Morgan fingerprint density at radius 3 is 1.67 bits per heavy atom. The minimum atomic E-state index is -2.10. The number of aromatic hydroxyl groups is 1. The summed E-state index contributed by atoms with van der Waals surface area (Å²) in [5.41, 5.74) is -1.04. The molecule has 4 aromatic rings. The average Bonchev–Trinajstić information content (AvgIpc) is 2.73. The van der Waals surface area contributed by atoms with Crippen LogP contribution in [0, 0.1) is 54.6 Å². The van der Waals surface area contributed by atoms with Crippen LogP contribution < -0.4 is 0 Å². The molecule has 30 heavy (non-hydrogen) atoms. The number of aryl methyl sites for hydroxylation is 2. The topological polar surface area (TPSA) is 20.2 Å². The fourth-order valence-corrected chi connectivity index (χ4v) is 3.73. The number of fused-ring (bicyclic) bond motifs is 2. The summed E-state index contributed by atoms with van der Waals surface area (Å²) in [7, 11) is 0. The minimum absolute atomic E-state index is 0.122. The summed E-state index contributed by atoms with van der Waals surface area (Å²) in [5.74, 6) is -13.2. The Hall–Kier alpha value is -3.29. The van der Waals surface area contributed by atoms with Gasteiger partial charge in [0, 0.05) is 27.3 Å². The molecule has 1 N–H and O–H groups in total. The smallest absolute Gasteiger partial charge is 0.198 e. The highest BCUT2D eigenvalue weighted by molar-refractivity contribution is 6.09. The lowest BCUT2D eigenvalue weighted by atomic mass is 9.88. The van der Waals surface area contributed by atoms with Gasteiger partial charge in [0.1, 0.15) is 5.75 Å². The van der Waals surface area contributed by atoms with Crippen LogP contribution in [0.1, 0.15) is 11.1 Å². The second-order valence-corrected chi connectivity index (χ2v) is 6.89. The SMILES string of the molecule is Cc1ccc2c(F)c(F)c(F)c(F)c2c1-c1c(O)ccc2c(C)c(F)c(F)c(F)c12. The third-order valence-electron chi connectivity index (χ3n) is 5.22.